The third-order valence-electron chi connectivity index (χ3n) is 4.53. The van der Waals surface area contributed by atoms with E-state index in [0.717, 1.165) is 16.8 Å². The molecule has 0 spiro atoms. The minimum atomic E-state index is -3.32. The molecule has 4 heteroatoms. The molecule has 0 amide bonds. The second-order valence-electron chi connectivity index (χ2n) is 6.08. The van der Waals surface area contributed by atoms with Crippen molar-refractivity contribution in [2.45, 2.75) is 18.9 Å². The number of hydrogen-bond acceptors (Lipinski definition) is 2. The van der Waals surface area contributed by atoms with Crippen LogP contribution in [0.3, 0.4) is 0 Å². The molecule has 3 nitrogen and oxygen atoms in total. The zero-order valence-corrected chi connectivity index (χ0v) is 13.3. The van der Waals surface area contributed by atoms with Gasteiger partial charge in [-0.15, -0.1) is 0 Å². The number of aryl methyl sites for hydroxylation is 1. The molecule has 1 aliphatic heterocycles. The highest BCUT2D eigenvalue weighted by molar-refractivity contribution is 7.92. The molecule has 2 aliphatic rings. The normalized spacial score (nSPS) is 22.2. The zero-order valence-electron chi connectivity index (χ0n) is 12.5. The summed E-state index contributed by atoms with van der Waals surface area (Å²) < 4.78 is 26.2. The summed E-state index contributed by atoms with van der Waals surface area (Å²) in [5, 5.41) is 0. The van der Waals surface area contributed by atoms with Crippen molar-refractivity contribution in [1.82, 2.24) is 0 Å². The maximum Gasteiger partial charge on any atom is 0.232 e. The van der Waals surface area contributed by atoms with Crippen LogP contribution in [0.25, 0.3) is 6.08 Å². The summed E-state index contributed by atoms with van der Waals surface area (Å²) in [7, 11) is -3.32. The summed E-state index contributed by atoms with van der Waals surface area (Å²) in [6, 6.07) is 14.1. The summed E-state index contributed by atoms with van der Waals surface area (Å²) in [4.78, 5) is 0. The Kier molecular flexibility index (Phi) is 2.76. The van der Waals surface area contributed by atoms with E-state index in [2.05, 4.69) is 18.2 Å². The number of nitrogens with zero attached hydrogens (tertiary/aromatic N) is 1. The fraction of sp³-hybridized carbons (Fsp3) is 0.222. The SMILES string of the molecule is Cc1ccc2c(c1)[C@H]1c3ccccc3C=C[C@H]1N2S(C)(=O)=O. The van der Waals surface area contributed by atoms with E-state index >= 15 is 0 Å². The molecule has 2 aromatic carbocycles. The Balaban J connectivity index is 2.02. The van der Waals surface area contributed by atoms with E-state index in [-0.39, 0.29) is 12.0 Å². The Morgan fingerprint density at radius 3 is 2.59 bits per heavy atom. The van der Waals surface area contributed by atoms with Crippen LogP contribution in [-0.2, 0) is 10.0 Å². The minimum absolute atomic E-state index is 0.0748. The first-order valence-corrected chi connectivity index (χ1v) is 9.19. The second-order valence-corrected chi connectivity index (χ2v) is 7.94. The Morgan fingerprint density at radius 2 is 1.82 bits per heavy atom. The van der Waals surface area contributed by atoms with Crippen LogP contribution in [0, 0.1) is 6.92 Å². The fourth-order valence-electron chi connectivity index (χ4n) is 3.69. The maximum atomic E-state index is 12.3. The second kappa shape index (κ2) is 4.46. The van der Waals surface area contributed by atoms with Gasteiger partial charge >= 0.3 is 0 Å². The van der Waals surface area contributed by atoms with Crippen molar-refractivity contribution in [3.63, 3.8) is 0 Å². The summed E-state index contributed by atoms with van der Waals surface area (Å²) in [5.41, 5.74) is 5.44. The molecule has 0 fully saturated rings. The number of fused-ring (bicyclic) bond motifs is 5. The molecular weight excluding hydrogens is 294 g/mol. The monoisotopic (exact) mass is 311 g/mol. The molecule has 0 N–H and O–H groups in total. The lowest BCUT2D eigenvalue weighted by Crippen LogP contribution is -2.38. The number of anilines is 1. The Labute approximate surface area is 130 Å². The molecule has 0 unspecified atom stereocenters. The Bertz CT molecular complexity index is 899. The van der Waals surface area contributed by atoms with E-state index < -0.39 is 10.0 Å². The molecule has 0 saturated carbocycles. The molecule has 22 heavy (non-hydrogen) atoms. The van der Waals surface area contributed by atoms with Gasteiger partial charge in [0, 0.05) is 5.92 Å². The molecule has 2 atom stereocenters. The lowest BCUT2D eigenvalue weighted by molar-refractivity contribution is 0.590. The predicted molar refractivity (Wildman–Crippen MR) is 89.6 cm³/mol. The molecule has 2 aromatic rings. The predicted octanol–water partition coefficient (Wildman–Crippen LogP) is 3.30. The molecule has 4 rings (SSSR count). The molecule has 1 heterocycles. The van der Waals surface area contributed by atoms with Crippen molar-refractivity contribution in [3.05, 3.63) is 70.8 Å². The lowest BCUT2D eigenvalue weighted by atomic mass is 9.81. The number of hydrogen-bond donors (Lipinski definition) is 0. The van der Waals surface area contributed by atoms with Crippen LogP contribution >= 0.6 is 0 Å². The summed E-state index contributed by atoms with van der Waals surface area (Å²) >= 11 is 0. The smallest absolute Gasteiger partial charge is 0.232 e. The average Bonchev–Trinajstić information content (AvgIpc) is 2.81. The third-order valence-corrected chi connectivity index (χ3v) is 5.68. The molecule has 112 valence electrons. The van der Waals surface area contributed by atoms with E-state index in [1.54, 1.807) is 4.31 Å². The first-order chi connectivity index (χ1) is 10.5. The van der Waals surface area contributed by atoms with Crippen LogP contribution in [0.4, 0.5) is 5.69 Å². The third kappa shape index (κ3) is 1.83. The molecule has 0 aromatic heterocycles. The maximum absolute atomic E-state index is 12.3. The quantitative estimate of drug-likeness (QED) is 0.810. The standard InChI is InChI=1S/C18H17NO2S/c1-12-7-9-16-15(11-12)18-14-6-4-3-5-13(14)8-10-17(18)19(16)22(2,20)21/h3-11,17-18H,1-2H3/t17-,18-/m1/s1. The van der Waals surface area contributed by atoms with E-state index in [1.807, 2.05) is 43.3 Å². The van der Waals surface area contributed by atoms with Crippen molar-refractivity contribution in [2.75, 3.05) is 10.6 Å². The lowest BCUT2D eigenvalue weighted by Gasteiger charge is -2.29. The topological polar surface area (TPSA) is 37.4 Å². The van der Waals surface area contributed by atoms with Gasteiger partial charge in [-0.2, -0.15) is 0 Å². The van der Waals surface area contributed by atoms with E-state index in [0.29, 0.717) is 0 Å². The van der Waals surface area contributed by atoms with Crippen LogP contribution < -0.4 is 4.31 Å². The highest BCUT2D eigenvalue weighted by Crippen LogP contribution is 2.49. The summed E-state index contributed by atoms with van der Waals surface area (Å²) in [6.45, 7) is 2.04. The van der Waals surface area contributed by atoms with Gasteiger partial charge in [0.1, 0.15) is 0 Å². The first-order valence-electron chi connectivity index (χ1n) is 7.34. The number of sulfonamides is 1. The van der Waals surface area contributed by atoms with Crippen LogP contribution in [0.1, 0.15) is 28.2 Å². The molecule has 0 bridgehead atoms. The highest BCUT2D eigenvalue weighted by Gasteiger charge is 2.44. The Hall–Kier alpha value is -2.07. The molecule has 0 radical (unpaired) electrons. The summed E-state index contributed by atoms with van der Waals surface area (Å²) in [5.74, 6) is 0.0748. The van der Waals surface area contributed by atoms with Gasteiger partial charge in [0.15, 0.2) is 0 Å². The Morgan fingerprint density at radius 1 is 1.05 bits per heavy atom. The van der Waals surface area contributed by atoms with E-state index in [4.69, 9.17) is 0 Å². The minimum Gasteiger partial charge on any atom is -0.262 e. The van der Waals surface area contributed by atoms with Crippen molar-refractivity contribution in [2.24, 2.45) is 0 Å². The van der Waals surface area contributed by atoms with Gasteiger partial charge in [-0.3, -0.25) is 4.31 Å². The van der Waals surface area contributed by atoms with Crippen LogP contribution in [0.5, 0.6) is 0 Å². The molecule has 1 aliphatic carbocycles. The largest absolute Gasteiger partial charge is 0.262 e. The van der Waals surface area contributed by atoms with Crippen molar-refractivity contribution in [1.29, 1.82) is 0 Å². The zero-order chi connectivity index (χ0) is 15.5. The van der Waals surface area contributed by atoms with Crippen LogP contribution in [0.15, 0.2) is 48.5 Å². The number of benzene rings is 2. The van der Waals surface area contributed by atoms with Crippen molar-refractivity contribution < 1.29 is 8.42 Å². The van der Waals surface area contributed by atoms with Gasteiger partial charge in [-0.1, -0.05) is 54.1 Å². The van der Waals surface area contributed by atoms with Gasteiger partial charge in [-0.25, -0.2) is 8.42 Å². The highest BCUT2D eigenvalue weighted by atomic mass is 32.2. The van der Waals surface area contributed by atoms with E-state index in [1.165, 1.54) is 17.4 Å². The first kappa shape index (κ1) is 13.6. The van der Waals surface area contributed by atoms with Gasteiger partial charge < -0.3 is 0 Å². The average molecular weight is 311 g/mol. The molecular formula is C18H17NO2S. The summed E-state index contributed by atoms with van der Waals surface area (Å²) in [6.07, 6.45) is 5.34. The van der Waals surface area contributed by atoms with E-state index in [9.17, 15) is 8.42 Å². The van der Waals surface area contributed by atoms with Crippen LogP contribution in [0.2, 0.25) is 0 Å². The van der Waals surface area contributed by atoms with Crippen LogP contribution in [-0.4, -0.2) is 20.7 Å². The van der Waals surface area contributed by atoms with Gasteiger partial charge in [0.25, 0.3) is 0 Å². The van der Waals surface area contributed by atoms with Crippen molar-refractivity contribution in [3.8, 4) is 0 Å². The van der Waals surface area contributed by atoms with Gasteiger partial charge in [-0.05, 0) is 29.7 Å². The van der Waals surface area contributed by atoms with Gasteiger partial charge in [0.05, 0.1) is 18.0 Å². The van der Waals surface area contributed by atoms with Gasteiger partial charge in [0.2, 0.25) is 10.0 Å². The fourth-order valence-corrected chi connectivity index (χ4v) is 4.85. The van der Waals surface area contributed by atoms with Crippen molar-refractivity contribution >= 4 is 21.8 Å². The molecule has 0 saturated heterocycles. The number of rotatable bonds is 1.